The zero-order valence-electron chi connectivity index (χ0n) is 9.86. The largest absolute Gasteiger partial charge is 0.506 e. The molecule has 1 aromatic carbocycles. The van der Waals surface area contributed by atoms with E-state index in [9.17, 15) is 5.11 Å². The van der Waals surface area contributed by atoms with Gasteiger partial charge in [0.2, 0.25) is 0 Å². The van der Waals surface area contributed by atoms with E-state index in [1.165, 1.54) is 6.07 Å². The highest BCUT2D eigenvalue weighted by atomic mass is 16.5. The number of nitriles is 1. The number of phenolic OH excluding ortho intramolecular Hbond substituents is 1. The van der Waals surface area contributed by atoms with Crippen LogP contribution in [0.4, 0.5) is 0 Å². The van der Waals surface area contributed by atoms with E-state index in [2.05, 4.69) is 0 Å². The predicted octanol–water partition coefficient (Wildman–Crippen LogP) is 1.65. The minimum Gasteiger partial charge on any atom is -0.506 e. The highest BCUT2D eigenvalue weighted by Crippen LogP contribution is 2.47. The van der Waals surface area contributed by atoms with Crippen molar-refractivity contribution < 1.29 is 9.84 Å². The Bertz CT molecular complexity index is 468. The molecule has 0 unspecified atom stereocenters. The first kappa shape index (κ1) is 11.7. The summed E-state index contributed by atoms with van der Waals surface area (Å²) >= 11 is 0. The lowest BCUT2D eigenvalue weighted by atomic mass is 9.64. The maximum atomic E-state index is 9.64. The first-order valence-corrected chi connectivity index (χ1v) is 5.68. The van der Waals surface area contributed by atoms with Crippen molar-refractivity contribution in [1.82, 2.24) is 0 Å². The van der Waals surface area contributed by atoms with Crippen molar-refractivity contribution >= 4 is 0 Å². The highest BCUT2D eigenvalue weighted by Gasteiger charge is 2.40. The van der Waals surface area contributed by atoms with Crippen LogP contribution in [0.25, 0.3) is 0 Å². The molecule has 0 saturated heterocycles. The van der Waals surface area contributed by atoms with Gasteiger partial charge in [0.15, 0.2) is 0 Å². The molecular weight excluding hydrogens is 216 g/mol. The van der Waals surface area contributed by atoms with E-state index < -0.39 is 0 Å². The summed E-state index contributed by atoms with van der Waals surface area (Å²) in [5.41, 5.74) is 7.00. The monoisotopic (exact) mass is 232 g/mol. The summed E-state index contributed by atoms with van der Waals surface area (Å²) in [6, 6.07) is 5.20. The number of rotatable bonds is 3. The topological polar surface area (TPSA) is 79.3 Å². The van der Waals surface area contributed by atoms with E-state index in [1.807, 2.05) is 6.07 Å². The summed E-state index contributed by atoms with van der Waals surface area (Å²) in [7, 11) is 1.56. The van der Waals surface area contributed by atoms with Crippen LogP contribution in [0.5, 0.6) is 11.5 Å². The molecule has 0 amide bonds. The van der Waals surface area contributed by atoms with Gasteiger partial charge in [0.05, 0.1) is 12.7 Å². The van der Waals surface area contributed by atoms with Crippen molar-refractivity contribution in [3.8, 4) is 17.6 Å². The number of hydrogen-bond acceptors (Lipinski definition) is 4. The third-order valence-corrected chi connectivity index (χ3v) is 3.71. The highest BCUT2D eigenvalue weighted by molar-refractivity contribution is 5.54. The first-order valence-electron chi connectivity index (χ1n) is 5.68. The Balaban J connectivity index is 2.55. The Labute approximate surface area is 101 Å². The first-order chi connectivity index (χ1) is 8.16. The Morgan fingerprint density at radius 1 is 1.53 bits per heavy atom. The molecule has 4 nitrogen and oxygen atoms in total. The SMILES string of the molecule is COc1cc(O)c(C#N)cc1C1(CN)CCC1. The molecule has 0 aromatic heterocycles. The van der Waals surface area contributed by atoms with Gasteiger partial charge in [-0.2, -0.15) is 5.26 Å². The van der Waals surface area contributed by atoms with Gasteiger partial charge >= 0.3 is 0 Å². The molecule has 0 bridgehead atoms. The van der Waals surface area contributed by atoms with E-state index in [0.717, 1.165) is 24.8 Å². The van der Waals surface area contributed by atoms with Crippen molar-refractivity contribution in [2.45, 2.75) is 24.7 Å². The smallest absolute Gasteiger partial charge is 0.137 e. The molecule has 3 N–H and O–H groups in total. The van der Waals surface area contributed by atoms with Crippen LogP contribution in [-0.4, -0.2) is 18.8 Å². The molecule has 17 heavy (non-hydrogen) atoms. The second-order valence-corrected chi connectivity index (χ2v) is 4.52. The summed E-state index contributed by atoms with van der Waals surface area (Å²) in [6.07, 6.45) is 3.16. The summed E-state index contributed by atoms with van der Waals surface area (Å²) in [6.45, 7) is 0.541. The quantitative estimate of drug-likeness (QED) is 0.830. The van der Waals surface area contributed by atoms with Crippen LogP contribution in [0, 0.1) is 11.3 Å². The number of nitrogens with zero attached hydrogens (tertiary/aromatic N) is 1. The Hall–Kier alpha value is -1.73. The normalized spacial score (nSPS) is 17.0. The summed E-state index contributed by atoms with van der Waals surface area (Å²) < 4.78 is 5.28. The van der Waals surface area contributed by atoms with Gasteiger partial charge in [0.25, 0.3) is 0 Å². The third kappa shape index (κ3) is 1.73. The predicted molar refractivity (Wildman–Crippen MR) is 64.0 cm³/mol. The minimum atomic E-state index is -0.0787. The van der Waals surface area contributed by atoms with Gasteiger partial charge in [-0.25, -0.2) is 0 Å². The number of benzene rings is 1. The number of nitrogens with two attached hydrogens (primary N) is 1. The van der Waals surface area contributed by atoms with Crippen LogP contribution < -0.4 is 10.5 Å². The molecule has 90 valence electrons. The van der Waals surface area contributed by atoms with E-state index in [-0.39, 0.29) is 16.7 Å². The summed E-state index contributed by atoms with van der Waals surface area (Å²) in [5, 5.41) is 18.6. The summed E-state index contributed by atoms with van der Waals surface area (Å²) in [4.78, 5) is 0. The maximum absolute atomic E-state index is 9.64. The average molecular weight is 232 g/mol. The second kappa shape index (κ2) is 4.27. The molecule has 2 rings (SSSR count). The molecule has 1 aliphatic carbocycles. The van der Waals surface area contributed by atoms with Crippen LogP contribution in [0.3, 0.4) is 0 Å². The number of phenols is 1. The molecular formula is C13H16N2O2. The Morgan fingerprint density at radius 2 is 2.24 bits per heavy atom. The van der Waals surface area contributed by atoms with Gasteiger partial charge in [0, 0.05) is 23.6 Å². The van der Waals surface area contributed by atoms with Gasteiger partial charge in [-0.05, 0) is 18.9 Å². The standard InChI is InChI=1S/C13H16N2O2/c1-17-12-6-11(16)9(7-14)5-10(12)13(8-15)3-2-4-13/h5-6,16H,2-4,8,15H2,1H3. The van der Waals surface area contributed by atoms with Gasteiger partial charge in [-0.15, -0.1) is 0 Å². The third-order valence-electron chi connectivity index (χ3n) is 3.71. The minimum absolute atomic E-state index is 0.0420. The molecule has 1 aromatic rings. The van der Waals surface area contributed by atoms with Crippen molar-refractivity contribution in [2.75, 3.05) is 13.7 Å². The average Bonchev–Trinajstić information content (AvgIpc) is 2.29. The molecule has 0 aliphatic heterocycles. The molecule has 0 heterocycles. The van der Waals surface area contributed by atoms with E-state index in [4.69, 9.17) is 15.7 Å². The fraction of sp³-hybridized carbons (Fsp3) is 0.462. The lowest BCUT2D eigenvalue weighted by Crippen LogP contribution is -2.41. The van der Waals surface area contributed by atoms with Crippen molar-refractivity contribution in [3.63, 3.8) is 0 Å². The van der Waals surface area contributed by atoms with Gasteiger partial charge in [-0.1, -0.05) is 6.42 Å². The van der Waals surface area contributed by atoms with E-state index in [0.29, 0.717) is 12.3 Å². The molecule has 4 heteroatoms. The van der Waals surface area contributed by atoms with Crippen molar-refractivity contribution in [1.29, 1.82) is 5.26 Å². The van der Waals surface area contributed by atoms with E-state index >= 15 is 0 Å². The molecule has 1 aliphatic rings. The molecule has 0 radical (unpaired) electrons. The fourth-order valence-corrected chi connectivity index (χ4v) is 2.43. The Morgan fingerprint density at radius 3 is 2.65 bits per heavy atom. The van der Waals surface area contributed by atoms with Gasteiger partial charge < -0.3 is 15.6 Å². The van der Waals surface area contributed by atoms with Crippen LogP contribution in [0.2, 0.25) is 0 Å². The van der Waals surface area contributed by atoms with Gasteiger partial charge in [-0.3, -0.25) is 0 Å². The lowest BCUT2D eigenvalue weighted by Gasteiger charge is -2.42. The number of methoxy groups -OCH3 is 1. The van der Waals surface area contributed by atoms with Crippen LogP contribution in [0.15, 0.2) is 12.1 Å². The van der Waals surface area contributed by atoms with Crippen molar-refractivity contribution in [2.24, 2.45) is 5.73 Å². The van der Waals surface area contributed by atoms with E-state index in [1.54, 1.807) is 13.2 Å². The van der Waals surface area contributed by atoms with Crippen LogP contribution in [0.1, 0.15) is 30.4 Å². The van der Waals surface area contributed by atoms with Crippen LogP contribution >= 0.6 is 0 Å². The zero-order valence-corrected chi connectivity index (χ0v) is 9.86. The zero-order chi connectivity index (χ0) is 12.5. The Kier molecular flexibility index (Phi) is 2.95. The molecule has 0 atom stereocenters. The number of hydrogen-bond donors (Lipinski definition) is 2. The molecule has 1 fully saturated rings. The van der Waals surface area contributed by atoms with Gasteiger partial charge in [0.1, 0.15) is 17.6 Å². The van der Waals surface area contributed by atoms with Crippen molar-refractivity contribution in [3.05, 3.63) is 23.3 Å². The second-order valence-electron chi connectivity index (χ2n) is 4.52. The summed E-state index contributed by atoms with van der Waals surface area (Å²) in [5.74, 6) is 0.575. The number of ether oxygens (including phenoxy) is 1. The molecule has 0 spiro atoms. The maximum Gasteiger partial charge on any atom is 0.137 e. The fourth-order valence-electron chi connectivity index (χ4n) is 2.43. The number of aromatic hydroxyl groups is 1. The van der Waals surface area contributed by atoms with Crippen LogP contribution in [-0.2, 0) is 5.41 Å². The lowest BCUT2D eigenvalue weighted by molar-refractivity contribution is 0.243. The molecule has 1 saturated carbocycles.